The van der Waals surface area contributed by atoms with Crippen LogP contribution in [0, 0.1) is 6.92 Å². The first-order valence-corrected chi connectivity index (χ1v) is 7.01. The Hall–Kier alpha value is -2.10. The summed E-state index contributed by atoms with van der Waals surface area (Å²) in [6.07, 6.45) is 4.72. The van der Waals surface area contributed by atoms with Gasteiger partial charge in [0.25, 0.3) is 0 Å². The molecule has 0 bridgehead atoms. The van der Waals surface area contributed by atoms with Crippen molar-refractivity contribution < 1.29 is 0 Å². The summed E-state index contributed by atoms with van der Waals surface area (Å²) in [4.78, 5) is 11.0. The van der Waals surface area contributed by atoms with Crippen LogP contribution < -0.4 is 10.2 Å². The molecule has 1 N–H and O–H groups in total. The van der Waals surface area contributed by atoms with E-state index in [4.69, 9.17) is 0 Å². The van der Waals surface area contributed by atoms with E-state index >= 15 is 0 Å². The van der Waals surface area contributed by atoms with Crippen molar-refractivity contribution in [3.63, 3.8) is 0 Å². The lowest BCUT2D eigenvalue weighted by Crippen LogP contribution is -2.17. The zero-order valence-corrected chi connectivity index (χ0v) is 12.4. The van der Waals surface area contributed by atoms with Crippen LogP contribution in [0.15, 0.2) is 36.7 Å². The van der Waals surface area contributed by atoms with Crippen molar-refractivity contribution in [1.82, 2.24) is 9.97 Å². The lowest BCUT2D eigenvalue weighted by Gasteiger charge is -2.19. The molecule has 0 aliphatic rings. The molecule has 20 heavy (non-hydrogen) atoms. The molecule has 0 atom stereocenters. The zero-order chi connectivity index (χ0) is 14.4. The van der Waals surface area contributed by atoms with Crippen LogP contribution in [0.5, 0.6) is 0 Å². The molecule has 0 aliphatic carbocycles. The van der Waals surface area contributed by atoms with Crippen molar-refractivity contribution in [2.75, 3.05) is 23.8 Å². The second kappa shape index (κ2) is 6.89. The number of benzene rings is 1. The number of rotatable bonds is 6. The third-order valence-electron chi connectivity index (χ3n) is 3.10. The minimum absolute atomic E-state index is 0.754. The summed E-state index contributed by atoms with van der Waals surface area (Å²) in [6.45, 7) is 5.92. The molecule has 0 spiro atoms. The summed E-state index contributed by atoms with van der Waals surface area (Å²) in [7, 11) is 2.07. The Balaban J connectivity index is 1.99. The average molecular weight is 270 g/mol. The maximum atomic E-state index is 4.45. The lowest BCUT2D eigenvalue weighted by atomic mass is 10.2. The fourth-order valence-electron chi connectivity index (χ4n) is 1.98. The first-order valence-electron chi connectivity index (χ1n) is 7.01. The first kappa shape index (κ1) is 14.3. The number of hydrogen-bond donors (Lipinski definition) is 1. The van der Waals surface area contributed by atoms with Crippen molar-refractivity contribution >= 4 is 11.5 Å². The van der Waals surface area contributed by atoms with Crippen LogP contribution in [0.1, 0.15) is 24.6 Å². The first-order chi connectivity index (χ1) is 9.69. The van der Waals surface area contributed by atoms with Crippen LogP contribution in [0.25, 0.3) is 0 Å². The predicted octanol–water partition coefficient (Wildman–Crippen LogP) is 3.24. The molecule has 0 radical (unpaired) electrons. The van der Waals surface area contributed by atoms with Gasteiger partial charge in [-0.3, -0.25) is 4.98 Å². The molecular weight excluding hydrogens is 248 g/mol. The third-order valence-corrected chi connectivity index (χ3v) is 3.10. The van der Waals surface area contributed by atoms with Gasteiger partial charge in [-0.05, 0) is 31.0 Å². The maximum Gasteiger partial charge on any atom is 0.144 e. The van der Waals surface area contributed by atoms with E-state index in [1.165, 1.54) is 11.3 Å². The van der Waals surface area contributed by atoms with Gasteiger partial charge in [0, 0.05) is 19.3 Å². The van der Waals surface area contributed by atoms with E-state index < -0.39 is 0 Å². The fourth-order valence-corrected chi connectivity index (χ4v) is 1.98. The van der Waals surface area contributed by atoms with Gasteiger partial charge in [0.2, 0.25) is 0 Å². The molecule has 0 saturated carbocycles. The third kappa shape index (κ3) is 3.95. The lowest BCUT2D eigenvalue weighted by molar-refractivity contribution is 0.870. The van der Waals surface area contributed by atoms with Crippen molar-refractivity contribution in [1.29, 1.82) is 0 Å². The molecule has 2 aromatic rings. The van der Waals surface area contributed by atoms with Gasteiger partial charge in [-0.1, -0.05) is 19.1 Å². The highest BCUT2D eigenvalue weighted by molar-refractivity contribution is 5.47. The van der Waals surface area contributed by atoms with E-state index in [0.29, 0.717) is 0 Å². The van der Waals surface area contributed by atoms with Gasteiger partial charge in [-0.15, -0.1) is 0 Å². The molecule has 4 nitrogen and oxygen atoms in total. The highest BCUT2D eigenvalue weighted by Crippen LogP contribution is 2.16. The molecular formula is C16H22N4. The van der Waals surface area contributed by atoms with Gasteiger partial charge in [-0.2, -0.15) is 0 Å². The Morgan fingerprint density at radius 2 is 2.05 bits per heavy atom. The van der Waals surface area contributed by atoms with Crippen LogP contribution in [0.4, 0.5) is 11.5 Å². The molecule has 1 heterocycles. The van der Waals surface area contributed by atoms with Crippen LogP contribution in [0.2, 0.25) is 0 Å². The number of nitrogens with one attached hydrogen (secondary N) is 1. The normalized spacial score (nSPS) is 10.3. The maximum absolute atomic E-state index is 4.45. The number of aryl methyl sites for hydroxylation is 1. The molecule has 0 fully saturated rings. The number of aromatic nitrogens is 2. The second-order valence-corrected chi connectivity index (χ2v) is 5.01. The van der Waals surface area contributed by atoms with E-state index in [2.05, 4.69) is 65.3 Å². The smallest absolute Gasteiger partial charge is 0.144 e. The second-order valence-electron chi connectivity index (χ2n) is 5.01. The Kier molecular flexibility index (Phi) is 4.93. The molecule has 1 aromatic heterocycles. The topological polar surface area (TPSA) is 41.1 Å². The van der Waals surface area contributed by atoms with Gasteiger partial charge in [0.1, 0.15) is 5.82 Å². The minimum Gasteiger partial charge on any atom is -0.369 e. The van der Waals surface area contributed by atoms with Crippen LogP contribution in [0.3, 0.4) is 0 Å². The summed E-state index contributed by atoms with van der Waals surface area (Å²) in [6, 6.07) is 8.46. The molecule has 1 aromatic carbocycles. The molecule has 0 unspecified atom stereocenters. The molecule has 106 valence electrons. The quantitative estimate of drug-likeness (QED) is 0.875. The molecule has 0 saturated heterocycles. The number of hydrogen-bond acceptors (Lipinski definition) is 4. The van der Waals surface area contributed by atoms with Gasteiger partial charge < -0.3 is 10.2 Å². The summed E-state index contributed by atoms with van der Waals surface area (Å²) < 4.78 is 0. The number of anilines is 2. The molecule has 2 rings (SSSR count). The van der Waals surface area contributed by atoms with E-state index in [1.807, 2.05) is 6.20 Å². The Morgan fingerprint density at radius 3 is 2.70 bits per heavy atom. The standard InChI is InChI=1S/C16H22N4/c1-4-8-17-16-11-18-14(10-19-16)12-20(3)15-7-5-6-13(2)9-15/h5-7,9-11H,4,8,12H2,1-3H3,(H,17,19). The van der Waals surface area contributed by atoms with E-state index in [-0.39, 0.29) is 0 Å². The fraction of sp³-hybridized carbons (Fsp3) is 0.375. The zero-order valence-electron chi connectivity index (χ0n) is 12.4. The summed E-state index contributed by atoms with van der Waals surface area (Å²) >= 11 is 0. The summed E-state index contributed by atoms with van der Waals surface area (Å²) in [5.41, 5.74) is 3.43. The average Bonchev–Trinajstić information content (AvgIpc) is 2.46. The van der Waals surface area contributed by atoms with Crippen molar-refractivity contribution in [2.24, 2.45) is 0 Å². The van der Waals surface area contributed by atoms with Crippen LogP contribution >= 0.6 is 0 Å². The Bertz CT molecular complexity index is 536. The molecule has 0 amide bonds. The van der Waals surface area contributed by atoms with Gasteiger partial charge in [0.05, 0.1) is 24.6 Å². The Morgan fingerprint density at radius 1 is 1.20 bits per heavy atom. The van der Waals surface area contributed by atoms with Crippen LogP contribution in [-0.4, -0.2) is 23.6 Å². The number of nitrogens with zero attached hydrogens (tertiary/aromatic N) is 3. The van der Waals surface area contributed by atoms with E-state index in [1.54, 1.807) is 6.20 Å². The monoisotopic (exact) mass is 270 g/mol. The molecule has 4 heteroatoms. The van der Waals surface area contributed by atoms with Gasteiger partial charge in [-0.25, -0.2) is 4.98 Å². The van der Waals surface area contributed by atoms with E-state index in [9.17, 15) is 0 Å². The minimum atomic E-state index is 0.754. The van der Waals surface area contributed by atoms with Crippen molar-refractivity contribution in [2.45, 2.75) is 26.8 Å². The van der Waals surface area contributed by atoms with Crippen LogP contribution in [-0.2, 0) is 6.54 Å². The Labute approximate surface area is 120 Å². The highest BCUT2D eigenvalue weighted by Gasteiger charge is 2.04. The predicted molar refractivity (Wildman–Crippen MR) is 84.1 cm³/mol. The SMILES string of the molecule is CCCNc1cnc(CN(C)c2cccc(C)c2)cn1. The molecule has 0 aliphatic heterocycles. The van der Waals surface area contributed by atoms with E-state index in [0.717, 1.165) is 31.0 Å². The highest BCUT2D eigenvalue weighted by atomic mass is 15.1. The van der Waals surface area contributed by atoms with Gasteiger partial charge in [0.15, 0.2) is 0 Å². The van der Waals surface area contributed by atoms with Crippen molar-refractivity contribution in [3.05, 3.63) is 47.9 Å². The summed E-state index contributed by atoms with van der Waals surface area (Å²) in [5, 5.41) is 3.23. The van der Waals surface area contributed by atoms with Gasteiger partial charge >= 0.3 is 0 Å². The van der Waals surface area contributed by atoms with Crippen molar-refractivity contribution in [3.8, 4) is 0 Å². The summed E-state index contributed by atoms with van der Waals surface area (Å²) in [5.74, 6) is 0.841. The largest absolute Gasteiger partial charge is 0.369 e.